The van der Waals surface area contributed by atoms with Gasteiger partial charge in [0.25, 0.3) is 0 Å². The highest BCUT2D eigenvalue weighted by Crippen LogP contribution is 2.47. The van der Waals surface area contributed by atoms with E-state index in [4.69, 9.17) is 28.9 Å². The summed E-state index contributed by atoms with van der Waals surface area (Å²) in [6, 6.07) is 14.6. The predicted molar refractivity (Wildman–Crippen MR) is 226 cm³/mol. The lowest BCUT2D eigenvalue weighted by molar-refractivity contribution is 0.381. The van der Waals surface area contributed by atoms with Crippen LogP contribution in [0, 0.1) is 58.2 Å². The van der Waals surface area contributed by atoms with Gasteiger partial charge in [-0.2, -0.15) is 0 Å². The van der Waals surface area contributed by atoms with Gasteiger partial charge in [-0.15, -0.1) is 0 Å². The lowest BCUT2D eigenvalue weighted by Gasteiger charge is -2.14. The van der Waals surface area contributed by atoms with Gasteiger partial charge in [-0.25, -0.2) is 53.9 Å². The highest BCUT2D eigenvalue weighted by Gasteiger charge is 2.32. The summed E-state index contributed by atoms with van der Waals surface area (Å²) in [4.78, 5) is 15.4. The maximum Gasteiger partial charge on any atom is 0.200 e. The van der Waals surface area contributed by atoms with Crippen molar-refractivity contribution in [2.24, 2.45) is 0 Å². The second-order valence-electron chi connectivity index (χ2n) is 14.5. The van der Waals surface area contributed by atoms with E-state index in [-0.39, 0.29) is 90.1 Å². The van der Waals surface area contributed by atoms with Gasteiger partial charge in [-0.05, 0) is 72.8 Å². The van der Waals surface area contributed by atoms with Crippen LogP contribution in [0.25, 0.3) is 90.9 Å². The van der Waals surface area contributed by atoms with E-state index < -0.39 is 80.4 Å². The fourth-order valence-corrected chi connectivity index (χ4v) is 8.10. The molecule has 2 N–H and O–H groups in total. The van der Waals surface area contributed by atoms with Crippen molar-refractivity contribution in [3.8, 4) is 67.5 Å². The second kappa shape index (κ2) is 16.5. The van der Waals surface area contributed by atoms with Crippen molar-refractivity contribution in [1.82, 2.24) is 19.9 Å². The molecular weight excluding hydrogens is 887 g/mol. The van der Waals surface area contributed by atoms with Gasteiger partial charge >= 0.3 is 0 Å². The molecule has 8 bridgehead atoms. The number of nitrogens with zero attached hydrogens (tertiary/aromatic N) is 2. The van der Waals surface area contributed by atoms with E-state index in [0.717, 1.165) is 0 Å². The molecule has 9 rings (SSSR count). The van der Waals surface area contributed by atoms with Gasteiger partial charge in [0, 0.05) is 44.3 Å². The lowest BCUT2D eigenvalue weighted by Crippen LogP contribution is -2.05. The van der Waals surface area contributed by atoms with E-state index in [0.29, 0.717) is 0 Å². The smallest absolute Gasteiger partial charge is 0.200 e. The Morgan fingerprint density at radius 1 is 0.303 bits per heavy atom. The Kier molecular flexibility index (Phi) is 10.8. The molecule has 2 aliphatic rings. The quantitative estimate of drug-likeness (QED) is 0.0896. The minimum absolute atomic E-state index is 0.0312. The van der Waals surface area contributed by atoms with Crippen molar-refractivity contribution in [1.29, 1.82) is 0 Å². The fourth-order valence-electron chi connectivity index (χ4n) is 8.10. The number of ether oxygens (including phenoxy) is 4. The summed E-state index contributed by atoms with van der Waals surface area (Å²) in [7, 11) is 5.32. The van der Waals surface area contributed by atoms with Crippen molar-refractivity contribution in [3.05, 3.63) is 142 Å². The van der Waals surface area contributed by atoms with E-state index in [2.05, 4.69) is 9.97 Å². The highest BCUT2D eigenvalue weighted by atomic mass is 19.2. The van der Waals surface area contributed by atoms with Crippen molar-refractivity contribution in [3.63, 3.8) is 0 Å². The number of aromatic nitrogens is 4. The van der Waals surface area contributed by atoms with Crippen LogP contribution in [0.1, 0.15) is 22.8 Å². The normalized spacial score (nSPS) is 12.0. The number of halogens is 10. The Bertz CT molecular complexity index is 3130. The largest absolute Gasteiger partial charge is 0.496 e. The zero-order chi connectivity index (χ0) is 46.9. The van der Waals surface area contributed by atoms with Crippen LogP contribution in [-0.2, 0) is 0 Å². The number of benzene rings is 4. The third kappa shape index (κ3) is 6.61. The van der Waals surface area contributed by atoms with E-state index >= 15 is 35.1 Å². The number of nitrogens with one attached hydrogen (secondary N) is 2. The van der Waals surface area contributed by atoms with Gasteiger partial charge in [-0.1, -0.05) is 12.1 Å². The third-order valence-corrected chi connectivity index (χ3v) is 11.0. The molecule has 0 amide bonds. The van der Waals surface area contributed by atoms with Crippen molar-refractivity contribution in [2.45, 2.75) is 0 Å². The van der Waals surface area contributed by atoms with Crippen LogP contribution in [0.15, 0.2) is 60.7 Å². The van der Waals surface area contributed by atoms with Gasteiger partial charge in [-0.3, -0.25) is 0 Å². The molecular formula is C48H28F10N4O4. The Hall–Kier alpha value is -8.02. The average molecular weight is 915 g/mol. The highest BCUT2D eigenvalue weighted by molar-refractivity contribution is 6.02. The molecule has 7 aromatic rings. The molecule has 0 unspecified atom stereocenters. The molecule has 0 spiro atoms. The first-order valence-corrected chi connectivity index (χ1v) is 19.4. The zero-order valence-electron chi connectivity index (χ0n) is 34.4. The molecule has 334 valence electrons. The van der Waals surface area contributed by atoms with Crippen LogP contribution >= 0.6 is 0 Å². The minimum atomic E-state index is -2.40. The first-order valence-electron chi connectivity index (χ1n) is 19.4. The number of rotatable bonds is 8. The molecule has 0 aliphatic carbocycles. The molecule has 0 saturated carbocycles. The van der Waals surface area contributed by atoms with Gasteiger partial charge < -0.3 is 28.9 Å². The van der Waals surface area contributed by atoms with Crippen LogP contribution in [0.5, 0.6) is 23.0 Å². The maximum atomic E-state index is 16.1. The van der Waals surface area contributed by atoms with E-state index in [9.17, 15) is 8.78 Å². The molecule has 2 aliphatic heterocycles. The van der Waals surface area contributed by atoms with E-state index in [1.165, 1.54) is 101 Å². The molecule has 5 heterocycles. The second-order valence-corrected chi connectivity index (χ2v) is 14.5. The Labute approximate surface area is 366 Å². The van der Waals surface area contributed by atoms with Crippen LogP contribution in [0.2, 0.25) is 0 Å². The number of hydrogen-bond acceptors (Lipinski definition) is 6. The number of methoxy groups -OCH3 is 4. The molecule has 4 aromatic carbocycles. The minimum Gasteiger partial charge on any atom is -0.496 e. The van der Waals surface area contributed by atoms with Crippen molar-refractivity contribution in [2.75, 3.05) is 28.4 Å². The Morgan fingerprint density at radius 3 is 0.773 bits per heavy atom. The molecule has 66 heavy (non-hydrogen) atoms. The summed E-state index contributed by atoms with van der Waals surface area (Å²) >= 11 is 0. The van der Waals surface area contributed by atoms with Gasteiger partial charge in [0.2, 0.25) is 11.6 Å². The van der Waals surface area contributed by atoms with Crippen LogP contribution in [0.4, 0.5) is 43.9 Å². The van der Waals surface area contributed by atoms with Crippen LogP contribution < -0.4 is 18.9 Å². The predicted octanol–water partition coefficient (Wildman–Crippen LogP) is 12.7. The zero-order valence-corrected chi connectivity index (χ0v) is 34.4. The van der Waals surface area contributed by atoms with Gasteiger partial charge in [0.15, 0.2) is 46.5 Å². The summed E-state index contributed by atoms with van der Waals surface area (Å²) < 4.78 is 177. The van der Waals surface area contributed by atoms with Crippen LogP contribution in [-0.4, -0.2) is 48.4 Å². The van der Waals surface area contributed by atoms with E-state index in [1.807, 2.05) is 0 Å². The molecule has 18 heteroatoms. The summed E-state index contributed by atoms with van der Waals surface area (Å²) in [6.45, 7) is 0. The fraction of sp³-hybridized carbons (Fsp3) is 0.0833. The lowest BCUT2D eigenvalue weighted by atomic mass is 10.0. The number of aromatic amines is 2. The first kappa shape index (κ1) is 43.2. The van der Waals surface area contributed by atoms with Gasteiger partial charge in [0.1, 0.15) is 23.0 Å². The average Bonchev–Trinajstić information content (AvgIpc) is 4.19. The topological polar surface area (TPSA) is 94.3 Å². The SMILES string of the molecule is COc1cccc(OC)c1-c1c2nc(c(-c3c(F)c(F)c(F)c(F)c3F)c3ccc([nH]3)c(-c3c(OC)cccc3OC)c3nc(c(-c4c(F)c(F)c(F)c(F)c4F)c4ccc1[nH]4)C=C3)C=C2. The summed E-state index contributed by atoms with van der Waals surface area (Å²) in [5, 5.41) is 0. The monoisotopic (exact) mass is 914 g/mol. The van der Waals surface area contributed by atoms with Crippen LogP contribution in [0.3, 0.4) is 0 Å². The number of H-pyrrole nitrogens is 2. The molecule has 0 saturated heterocycles. The first-order chi connectivity index (χ1) is 31.7. The Balaban J connectivity index is 1.58. The van der Waals surface area contributed by atoms with Crippen molar-refractivity contribution < 1.29 is 62.9 Å². The molecule has 0 radical (unpaired) electrons. The standard InChI is InChI=1S/C48H28F10N4O4/c1-63-27-7-5-8-28(64-2)35(27)31-19-11-15-23(59-19)33(37-39(49)43(53)47(57)44(54)40(37)50)25-17-13-21(61-25)32(36-29(65-3)9-6-10-30(36)66-4)22-14-18-26(62-22)34(24-16-12-20(31)60-24)38-41(51)45(55)48(58)46(56)42(38)52/h5-18,59,62H,1-4H3. The summed E-state index contributed by atoms with van der Waals surface area (Å²) in [5.41, 5.74) is -4.59. The van der Waals surface area contributed by atoms with E-state index in [1.54, 1.807) is 12.1 Å². The van der Waals surface area contributed by atoms with Gasteiger partial charge in [0.05, 0.1) is 73.5 Å². The summed E-state index contributed by atoms with van der Waals surface area (Å²) in [6.07, 6.45) is 5.19. The Morgan fingerprint density at radius 2 is 0.530 bits per heavy atom. The molecule has 3 aromatic heterocycles. The maximum absolute atomic E-state index is 16.1. The number of hydrogen-bond donors (Lipinski definition) is 2. The molecule has 8 nitrogen and oxygen atoms in total. The van der Waals surface area contributed by atoms with Crippen molar-refractivity contribution >= 4 is 46.4 Å². The third-order valence-electron chi connectivity index (χ3n) is 11.0. The number of fused-ring (bicyclic) bond motifs is 8. The molecule has 0 atom stereocenters. The summed E-state index contributed by atoms with van der Waals surface area (Å²) in [5.74, 6) is -21.8. The molecule has 0 fully saturated rings.